The third-order valence-electron chi connectivity index (χ3n) is 16.3. The van der Waals surface area contributed by atoms with E-state index in [4.69, 9.17) is 19.7 Å². The van der Waals surface area contributed by atoms with Gasteiger partial charge in [0.1, 0.15) is 0 Å². The summed E-state index contributed by atoms with van der Waals surface area (Å²) in [4.78, 5) is 46.0. The number of carboxylic acids is 2. The molecule has 2 atom stereocenters. The summed E-state index contributed by atoms with van der Waals surface area (Å²) in [6.45, 7) is 10.1. The normalized spacial score (nSPS) is 12.2. The van der Waals surface area contributed by atoms with Gasteiger partial charge in [-0.05, 0) is 64.2 Å². The Labute approximate surface area is 503 Å². The number of unbranched alkanes of at least 4 members (excludes halogenated alkanes) is 45. The van der Waals surface area contributed by atoms with Gasteiger partial charge in [0.25, 0.3) is 0 Å². The molecule has 0 saturated heterocycles. The minimum absolute atomic E-state index is 0.0283. The molecule has 0 aromatic heterocycles. The Bertz CT molecular complexity index is 1360. The van der Waals surface area contributed by atoms with Crippen LogP contribution in [0.3, 0.4) is 0 Å². The minimum Gasteiger partial charge on any atom is -0.481 e. The number of carboxylic acid groups (broad SMARTS) is 2. The van der Waals surface area contributed by atoms with Crippen LogP contribution in [0.15, 0.2) is 24.3 Å². The number of hydrogen-bond donors (Lipinski definition) is 2. The summed E-state index contributed by atoms with van der Waals surface area (Å²) in [7, 11) is 0. The standard InChI is InChI=1S/C37H70O4.C36H68O4/c1-3-5-7-9-11-12-13-14-15-16-17-18-19-25-29-33-37(40)41-34-35(30-26-22-10-8-6-4-2)31-27-23-20-21-24-28-32-36(38)39;1-3-5-7-9-11-12-13-14-15-16-17-19-24-28-32-36(39)40-33-34(29-25-21-18-10-8-6-4-2)30-26-22-20-23-27-31-35(37)38/h27,31,35H,3-26,28-30,32-34H2,1-2H3,(H,38,39);25,29,34H,3-24,26-28,30-33H2,1-2H3,(H,37,38)/b31-27+;29-25+. The van der Waals surface area contributed by atoms with Crippen molar-refractivity contribution in [2.45, 2.75) is 394 Å². The topological polar surface area (TPSA) is 127 Å². The van der Waals surface area contributed by atoms with Crippen molar-refractivity contribution in [3.05, 3.63) is 24.3 Å². The molecule has 2 N–H and O–H groups in total. The van der Waals surface area contributed by atoms with Crippen molar-refractivity contribution >= 4 is 23.9 Å². The lowest BCUT2D eigenvalue weighted by Crippen LogP contribution is -2.13. The average Bonchev–Trinajstić information content (AvgIpc) is 3.45. The van der Waals surface area contributed by atoms with E-state index in [1.54, 1.807) is 0 Å². The summed E-state index contributed by atoms with van der Waals surface area (Å²) in [6, 6.07) is 0. The molecule has 81 heavy (non-hydrogen) atoms. The van der Waals surface area contributed by atoms with E-state index in [0.717, 1.165) is 109 Å². The van der Waals surface area contributed by atoms with Gasteiger partial charge in [0.2, 0.25) is 0 Å². The molecule has 0 bridgehead atoms. The molecule has 0 aliphatic rings. The molecule has 0 aliphatic heterocycles. The maximum atomic E-state index is 12.4. The fourth-order valence-electron chi connectivity index (χ4n) is 10.9. The number of rotatable bonds is 65. The molecule has 2 unspecified atom stereocenters. The van der Waals surface area contributed by atoms with Crippen LogP contribution in [0.1, 0.15) is 394 Å². The van der Waals surface area contributed by atoms with Crippen LogP contribution >= 0.6 is 0 Å². The van der Waals surface area contributed by atoms with Crippen molar-refractivity contribution in [1.29, 1.82) is 0 Å². The van der Waals surface area contributed by atoms with E-state index in [2.05, 4.69) is 52.0 Å². The maximum Gasteiger partial charge on any atom is 0.305 e. The number of hydrogen-bond acceptors (Lipinski definition) is 6. The zero-order chi connectivity index (χ0) is 59.4. The van der Waals surface area contributed by atoms with Gasteiger partial charge in [0.05, 0.1) is 13.2 Å². The van der Waals surface area contributed by atoms with Gasteiger partial charge in [-0.25, -0.2) is 0 Å². The number of ether oxygens (including phenoxy) is 2. The van der Waals surface area contributed by atoms with E-state index in [1.165, 1.54) is 231 Å². The van der Waals surface area contributed by atoms with Gasteiger partial charge in [0, 0.05) is 37.5 Å². The van der Waals surface area contributed by atoms with Crippen LogP contribution in [0, 0.1) is 11.8 Å². The second-order valence-electron chi connectivity index (χ2n) is 24.6. The van der Waals surface area contributed by atoms with Crippen molar-refractivity contribution in [2.75, 3.05) is 13.2 Å². The number of allylic oxidation sites excluding steroid dienone is 2. The Morgan fingerprint density at radius 2 is 0.494 bits per heavy atom. The summed E-state index contributed by atoms with van der Waals surface area (Å²) < 4.78 is 11.4. The monoisotopic (exact) mass is 1140 g/mol. The molecule has 0 aromatic carbocycles. The van der Waals surface area contributed by atoms with Crippen LogP contribution in [0.25, 0.3) is 0 Å². The van der Waals surface area contributed by atoms with E-state index in [9.17, 15) is 19.2 Å². The second-order valence-corrected chi connectivity index (χ2v) is 24.6. The molecule has 0 radical (unpaired) electrons. The molecule has 478 valence electrons. The van der Waals surface area contributed by atoms with E-state index >= 15 is 0 Å². The highest BCUT2D eigenvalue weighted by molar-refractivity contribution is 5.69. The van der Waals surface area contributed by atoms with Crippen molar-refractivity contribution in [3.8, 4) is 0 Å². The first kappa shape index (κ1) is 80.4. The Morgan fingerprint density at radius 1 is 0.284 bits per heavy atom. The van der Waals surface area contributed by atoms with Crippen LogP contribution in [-0.4, -0.2) is 47.3 Å². The van der Waals surface area contributed by atoms with Gasteiger partial charge in [-0.2, -0.15) is 0 Å². The van der Waals surface area contributed by atoms with Crippen molar-refractivity contribution < 1.29 is 38.9 Å². The Hall–Kier alpha value is -2.64. The van der Waals surface area contributed by atoms with E-state index in [0.29, 0.717) is 37.9 Å². The fraction of sp³-hybridized carbons (Fsp3) is 0.890. The van der Waals surface area contributed by atoms with E-state index < -0.39 is 11.9 Å². The molecule has 0 rings (SSSR count). The van der Waals surface area contributed by atoms with E-state index in [-0.39, 0.29) is 24.8 Å². The Morgan fingerprint density at radius 3 is 0.741 bits per heavy atom. The zero-order valence-corrected chi connectivity index (χ0v) is 54.5. The smallest absolute Gasteiger partial charge is 0.305 e. The first-order valence-corrected chi connectivity index (χ1v) is 35.8. The Balaban J connectivity index is 0. The molecule has 0 heterocycles. The number of aliphatic carboxylic acids is 2. The third kappa shape index (κ3) is 71.5. The van der Waals surface area contributed by atoms with Crippen LogP contribution in [0.4, 0.5) is 0 Å². The third-order valence-corrected chi connectivity index (χ3v) is 16.3. The van der Waals surface area contributed by atoms with Crippen LogP contribution in [-0.2, 0) is 28.7 Å². The first-order chi connectivity index (χ1) is 39.7. The number of esters is 2. The minimum atomic E-state index is -0.698. The molecule has 0 amide bonds. The average molecular weight is 1140 g/mol. The SMILES string of the molecule is CCCCCCC/C=C/C(CCCCCCCC(=O)O)COC(=O)CCCCCCCCCCCCCCCC.CCCCCCCCCCCCCCCCCC(=O)OCC(/C=C/CCCCCCC(=O)O)CCCCCCCC. The molecule has 0 saturated carbocycles. The fourth-order valence-corrected chi connectivity index (χ4v) is 10.9. The summed E-state index contributed by atoms with van der Waals surface area (Å²) in [5.41, 5.74) is 0. The largest absolute Gasteiger partial charge is 0.481 e. The summed E-state index contributed by atoms with van der Waals surface area (Å²) in [6.07, 6.45) is 76.7. The summed E-state index contributed by atoms with van der Waals surface area (Å²) in [5.74, 6) is -0.842. The molecule has 0 aliphatic carbocycles. The molecule has 0 spiro atoms. The van der Waals surface area contributed by atoms with Crippen LogP contribution < -0.4 is 0 Å². The van der Waals surface area contributed by atoms with Crippen molar-refractivity contribution in [1.82, 2.24) is 0 Å². The lowest BCUT2D eigenvalue weighted by atomic mass is 9.99. The summed E-state index contributed by atoms with van der Waals surface area (Å²) >= 11 is 0. The van der Waals surface area contributed by atoms with E-state index in [1.807, 2.05) is 0 Å². The molecule has 0 aromatic rings. The molecule has 8 nitrogen and oxygen atoms in total. The van der Waals surface area contributed by atoms with Gasteiger partial charge < -0.3 is 19.7 Å². The lowest BCUT2D eigenvalue weighted by Gasteiger charge is -2.14. The van der Waals surface area contributed by atoms with Gasteiger partial charge in [-0.15, -0.1) is 0 Å². The highest BCUT2D eigenvalue weighted by atomic mass is 16.5. The van der Waals surface area contributed by atoms with Crippen LogP contribution in [0.2, 0.25) is 0 Å². The maximum absolute atomic E-state index is 12.4. The highest BCUT2D eigenvalue weighted by Gasteiger charge is 2.12. The molecular weight excluding hydrogens is 1000 g/mol. The highest BCUT2D eigenvalue weighted by Crippen LogP contribution is 2.20. The zero-order valence-electron chi connectivity index (χ0n) is 54.5. The van der Waals surface area contributed by atoms with Crippen molar-refractivity contribution in [3.63, 3.8) is 0 Å². The van der Waals surface area contributed by atoms with Gasteiger partial charge >= 0.3 is 23.9 Å². The molecular formula is C73H138O8. The predicted molar refractivity (Wildman–Crippen MR) is 348 cm³/mol. The van der Waals surface area contributed by atoms with Gasteiger partial charge in [0.15, 0.2) is 0 Å². The predicted octanol–water partition coefficient (Wildman–Crippen LogP) is 23.9. The van der Waals surface area contributed by atoms with Crippen LogP contribution in [0.5, 0.6) is 0 Å². The van der Waals surface area contributed by atoms with Gasteiger partial charge in [-0.1, -0.05) is 328 Å². The quantitative estimate of drug-likeness (QED) is 0.0350. The van der Waals surface area contributed by atoms with Gasteiger partial charge in [-0.3, -0.25) is 19.2 Å². The summed E-state index contributed by atoms with van der Waals surface area (Å²) in [5, 5.41) is 17.5. The number of carbonyl (C=O) groups is 4. The lowest BCUT2D eigenvalue weighted by molar-refractivity contribution is -0.145. The first-order valence-electron chi connectivity index (χ1n) is 35.8. The van der Waals surface area contributed by atoms with Crippen molar-refractivity contribution in [2.24, 2.45) is 11.8 Å². The number of carbonyl (C=O) groups excluding carboxylic acids is 2. The molecule has 0 fully saturated rings. The second kappa shape index (κ2) is 69.9. The Kier molecular flexibility index (Phi) is 69.4. The molecule has 8 heteroatoms.